The molecule has 46 heavy (non-hydrogen) atoms. The van der Waals surface area contributed by atoms with Crippen molar-refractivity contribution in [2.24, 2.45) is 0 Å². The van der Waals surface area contributed by atoms with Crippen molar-refractivity contribution >= 4 is 39.0 Å². The lowest BCUT2D eigenvalue weighted by molar-refractivity contribution is -0.140. The number of aromatic amines is 1. The van der Waals surface area contributed by atoms with Gasteiger partial charge in [-0.15, -0.1) is 0 Å². The van der Waals surface area contributed by atoms with E-state index in [4.69, 9.17) is 9.47 Å². The highest BCUT2D eigenvalue weighted by Gasteiger charge is 2.34. The molecule has 2 heterocycles. The Morgan fingerprint density at radius 2 is 1.72 bits per heavy atom. The van der Waals surface area contributed by atoms with E-state index in [0.717, 1.165) is 61.8 Å². The van der Waals surface area contributed by atoms with Gasteiger partial charge in [0.05, 0.1) is 40.5 Å². The predicted octanol–water partition coefficient (Wildman–Crippen LogP) is 5.99. The second-order valence-electron chi connectivity index (χ2n) is 11.9. The van der Waals surface area contributed by atoms with Gasteiger partial charge in [-0.2, -0.15) is 0 Å². The summed E-state index contributed by atoms with van der Waals surface area (Å²) in [6.45, 7) is 1.55. The van der Waals surface area contributed by atoms with Gasteiger partial charge in [-0.1, -0.05) is 42.7 Å². The lowest BCUT2D eigenvalue weighted by atomic mass is 9.81. The molecule has 0 saturated carbocycles. The Hall–Kier alpha value is -4.38. The monoisotopic (exact) mass is 647 g/mol. The second kappa shape index (κ2) is 14.8. The van der Waals surface area contributed by atoms with Crippen molar-refractivity contribution in [1.29, 1.82) is 0 Å². The zero-order valence-electron chi connectivity index (χ0n) is 26.3. The van der Waals surface area contributed by atoms with Crippen LogP contribution in [0.1, 0.15) is 83.7 Å². The molecule has 244 valence electrons. The van der Waals surface area contributed by atoms with Crippen molar-refractivity contribution in [2.75, 3.05) is 24.4 Å². The molecule has 1 unspecified atom stereocenters. The van der Waals surface area contributed by atoms with Gasteiger partial charge in [-0.3, -0.25) is 14.4 Å². The van der Waals surface area contributed by atoms with Gasteiger partial charge in [0.2, 0.25) is 0 Å². The third kappa shape index (κ3) is 7.70. The number of carbonyl (C=O) groups is 3. The molecule has 11 heteroatoms. The highest BCUT2D eigenvalue weighted by atomic mass is 32.2. The maximum atomic E-state index is 14.3. The van der Waals surface area contributed by atoms with Crippen LogP contribution in [-0.4, -0.2) is 50.2 Å². The zero-order chi connectivity index (χ0) is 32.7. The number of carbonyl (C=O) groups excluding carboxylic acids is 3. The highest BCUT2D eigenvalue weighted by Crippen LogP contribution is 2.40. The van der Waals surface area contributed by atoms with Crippen molar-refractivity contribution in [3.05, 3.63) is 88.9 Å². The molecule has 1 aliphatic carbocycles. The van der Waals surface area contributed by atoms with Gasteiger partial charge in [0.1, 0.15) is 0 Å². The molecular formula is C35H41N3O7S. The number of sulfone groups is 1. The summed E-state index contributed by atoms with van der Waals surface area (Å²) in [7, 11) is -2.52. The summed E-state index contributed by atoms with van der Waals surface area (Å²) in [5.41, 5.74) is 4.65. The molecule has 5 rings (SSSR count). The van der Waals surface area contributed by atoms with Gasteiger partial charge in [-0.05, 0) is 80.9 Å². The molecule has 1 aliphatic heterocycles. The second-order valence-corrected chi connectivity index (χ2v) is 14.1. The number of aromatic nitrogens is 1. The van der Waals surface area contributed by atoms with E-state index in [1.54, 1.807) is 48.5 Å². The van der Waals surface area contributed by atoms with E-state index in [2.05, 4.69) is 15.6 Å². The Morgan fingerprint density at radius 1 is 0.978 bits per heavy atom. The fraction of sp³-hybridized carbons (Fsp3) is 0.400. The number of benzene rings is 2. The maximum absolute atomic E-state index is 14.3. The number of hydrogen-bond donors (Lipinski definition) is 3. The van der Waals surface area contributed by atoms with E-state index in [1.807, 2.05) is 6.92 Å². The lowest BCUT2D eigenvalue weighted by Gasteiger charge is -2.24. The summed E-state index contributed by atoms with van der Waals surface area (Å²) in [6.07, 6.45) is 8.96. The molecule has 0 radical (unpaired) electrons. The molecule has 2 atom stereocenters. The number of hydrogen-bond acceptors (Lipinski definition) is 7. The van der Waals surface area contributed by atoms with E-state index < -0.39 is 21.0 Å². The van der Waals surface area contributed by atoms with Crippen LogP contribution in [0.15, 0.2) is 65.8 Å². The molecule has 1 aromatic heterocycles. The molecule has 0 fully saturated rings. The normalized spacial score (nSPS) is 18.6. The lowest BCUT2D eigenvalue weighted by Crippen LogP contribution is -2.26. The standard InChI is InChI=1S/C35H41N3O7S/c1-23-15-17-25(18-16-23)46(42,43)26-19-20-45-22-31(39)37-27-11-6-7-12-28(27)38-35(41)34-30(21-26)36-29-13-8-10-24(33(29)34)9-4-3-5-14-32(40)44-2/h6-7,11-12,15-20,24,26,36H,3-5,8-10,13-14,21-22H2,1-2H3,(H,37,39)(H,38,41)/t24-,26?/m0/s1. The van der Waals surface area contributed by atoms with Crippen molar-refractivity contribution in [1.82, 2.24) is 4.98 Å². The first kappa shape index (κ1) is 33.0. The fourth-order valence-corrected chi connectivity index (χ4v) is 7.83. The number of para-hydroxylation sites is 2. The van der Waals surface area contributed by atoms with Crippen LogP contribution in [0.5, 0.6) is 0 Å². The highest BCUT2D eigenvalue weighted by molar-refractivity contribution is 7.92. The number of anilines is 2. The Kier molecular flexibility index (Phi) is 10.6. The topological polar surface area (TPSA) is 144 Å². The number of rotatable bonds is 8. The molecule has 3 N–H and O–H groups in total. The Morgan fingerprint density at radius 3 is 2.46 bits per heavy atom. The van der Waals surface area contributed by atoms with Crippen LogP contribution < -0.4 is 10.6 Å². The molecular weight excluding hydrogens is 606 g/mol. The van der Waals surface area contributed by atoms with E-state index >= 15 is 0 Å². The van der Waals surface area contributed by atoms with Gasteiger partial charge in [0.25, 0.3) is 11.8 Å². The van der Waals surface area contributed by atoms with Crippen LogP contribution in [-0.2, 0) is 41.7 Å². The first-order valence-electron chi connectivity index (χ1n) is 15.8. The minimum absolute atomic E-state index is 0.00547. The first-order valence-corrected chi connectivity index (χ1v) is 17.3. The minimum Gasteiger partial charge on any atom is -0.492 e. The van der Waals surface area contributed by atoms with Gasteiger partial charge < -0.3 is 25.1 Å². The van der Waals surface area contributed by atoms with Crippen molar-refractivity contribution in [2.45, 2.75) is 80.8 Å². The molecule has 2 aliphatic rings. The number of fused-ring (bicyclic) bond motifs is 4. The fourth-order valence-electron chi connectivity index (χ4n) is 6.31. The number of ether oxygens (including phenoxy) is 2. The van der Waals surface area contributed by atoms with Crippen LogP contribution in [0.2, 0.25) is 0 Å². The average Bonchev–Trinajstić information content (AvgIpc) is 3.42. The summed E-state index contributed by atoms with van der Waals surface area (Å²) >= 11 is 0. The Bertz CT molecular complexity index is 1710. The molecule has 3 aromatic rings. The number of H-pyrrole nitrogens is 1. The molecule has 10 nitrogen and oxygen atoms in total. The van der Waals surface area contributed by atoms with Crippen molar-refractivity contribution in [3.63, 3.8) is 0 Å². The molecule has 0 saturated heterocycles. The number of methoxy groups -OCH3 is 1. The van der Waals surface area contributed by atoms with Crippen LogP contribution >= 0.6 is 0 Å². The van der Waals surface area contributed by atoms with Gasteiger partial charge in [-0.25, -0.2) is 8.42 Å². The van der Waals surface area contributed by atoms with Crippen LogP contribution in [0.4, 0.5) is 11.4 Å². The van der Waals surface area contributed by atoms with Crippen LogP contribution in [0.3, 0.4) is 0 Å². The maximum Gasteiger partial charge on any atom is 0.305 e. The third-order valence-electron chi connectivity index (χ3n) is 8.68. The van der Waals surface area contributed by atoms with Gasteiger partial charge >= 0.3 is 5.97 Å². The van der Waals surface area contributed by atoms with Gasteiger partial charge in [0, 0.05) is 24.2 Å². The number of unbranched alkanes of at least 4 members (excludes halogenated alkanes) is 2. The first-order chi connectivity index (χ1) is 22.2. The molecule has 2 aromatic carbocycles. The molecule has 2 amide bonds. The molecule has 0 spiro atoms. The smallest absolute Gasteiger partial charge is 0.305 e. The summed E-state index contributed by atoms with van der Waals surface area (Å²) in [5.74, 6) is -0.948. The number of aryl methyl sites for hydroxylation is 2. The van der Waals surface area contributed by atoms with E-state index in [9.17, 15) is 22.8 Å². The van der Waals surface area contributed by atoms with E-state index in [0.29, 0.717) is 29.1 Å². The largest absolute Gasteiger partial charge is 0.492 e. The summed E-state index contributed by atoms with van der Waals surface area (Å²) < 4.78 is 38.3. The number of nitrogens with one attached hydrogen (secondary N) is 3. The van der Waals surface area contributed by atoms with Crippen LogP contribution in [0.25, 0.3) is 0 Å². The van der Waals surface area contributed by atoms with E-state index in [-0.39, 0.29) is 35.7 Å². The number of amides is 2. The summed E-state index contributed by atoms with van der Waals surface area (Å²) in [4.78, 5) is 42.2. The predicted molar refractivity (Wildman–Crippen MR) is 176 cm³/mol. The van der Waals surface area contributed by atoms with Crippen LogP contribution in [0, 0.1) is 6.92 Å². The summed E-state index contributed by atoms with van der Waals surface area (Å²) in [6, 6.07) is 13.6. The Balaban J connectivity index is 1.55. The zero-order valence-corrected chi connectivity index (χ0v) is 27.1. The minimum atomic E-state index is -3.91. The SMILES string of the molecule is COC(=O)CCCCC[C@H]1CCCc2[nH]c3c(c21)C(=O)Nc1ccccc1NC(=O)COC=CC(S(=O)(=O)c1ccc(C)cc1)C3. The Labute approximate surface area is 269 Å². The average molecular weight is 648 g/mol. The quantitative estimate of drug-likeness (QED) is 0.201. The molecule has 0 bridgehead atoms. The third-order valence-corrected chi connectivity index (χ3v) is 10.7. The van der Waals surface area contributed by atoms with Gasteiger partial charge in [0.15, 0.2) is 16.4 Å². The van der Waals surface area contributed by atoms with E-state index in [1.165, 1.54) is 19.4 Å². The van der Waals surface area contributed by atoms with Crippen molar-refractivity contribution < 1.29 is 32.3 Å². The number of esters is 1. The summed E-state index contributed by atoms with van der Waals surface area (Å²) in [5, 5.41) is 4.71. The van der Waals surface area contributed by atoms with Crippen molar-refractivity contribution in [3.8, 4) is 0 Å².